The number of amides is 1. The van der Waals surface area contributed by atoms with Gasteiger partial charge in [-0.2, -0.15) is 0 Å². The van der Waals surface area contributed by atoms with E-state index in [1.807, 2.05) is 0 Å². The summed E-state index contributed by atoms with van der Waals surface area (Å²) in [5.74, 6) is -1.94. The third kappa shape index (κ3) is 4.00. The molecule has 0 saturated carbocycles. The van der Waals surface area contributed by atoms with E-state index in [0.717, 1.165) is 17.9 Å². The highest BCUT2D eigenvalue weighted by Crippen LogP contribution is 2.23. The van der Waals surface area contributed by atoms with E-state index < -0.39 is 44.6 Å². The summed E-state index contributed by atoms with van der Waals surface area (Å²) < 4.78 is 42.2. The van der Waals surface area contributed by atoms with Gasteiger partial charge >= 0.3 is 5.97 Å². The third-order valence-electron chi connectivity index (χ3n) is 4.40. The van der Waals surface area contributed by atoms with Crippen LogP contribution in [0.3, 0.4) is 0 Å². The summed E-state index contributed by atoms with van der Waals surface area (Å²) in [5, 5.41) is 2.67. The molecule has 6 nitrogen and oxygen atoms in total. The zero-order valence-corrected chi connectivity index (χ0v) is 15.5. The Morgan fingerprint density at radius 3 is 2.63 bits per heavy atom. The van der Waals surface area contributed by atoms with Gasteiger partial charge in [-0.05, 0) is 36.2 Å². The maximum absolute atomic E-state index is 14.1. The van der Waals surface area contributed by atoms with Crippen molar-refractivity contribution in [2.24, 2.45) is 0 Å². The van der Waals surface area contributed by atoms with Crippen molar-refractivity contribution in [3.63, 3.8) is 0 Å². The van der Waals surface area contributed by atoms with Gasteiger partial charge in [0.2, 0.25) is 0 Å². The summed E-state index contributed by atoms with van der Waals surface area (Å²) >= 11 is 0. The van der Waals surface area contributed by atoms with Gasteiger partial charge in [-0.25, -0.2) is 17.6 Å². The lowest BCUT2D eigenvalue weighted by atomic mass is 9.98. The molecule has 2 atom stereocenters. The van der Waals surface area contributed by atoms with Crippen LogP contribution < -0.4 is 5.32 Å². The molecule has 1 aliphatic rings. The van der Waals surface area contributed by atoms with Crippen LogP contribution in [0.4, 0.5) is 4.39 Å². The molecular weight excluding hydrogens is 373 g/mol. The number of esters is 1. The monoisotopic (exact) mass is 391 g/mol. The fourth-order valence-corrected chi connectivity index (χ4v) is 3.68. The third-order valence-corrected chi connectivity index (χ3v) is 5.53. The van der Waals surface area contributed by atoms with Crippen molar-refractivity contribution < 1.29 is 27.1 Å². The van der Waals surface area contributed by atoms with Gasteiger partial charge in [-0.3, -0.25) is 4.79 Å². The van der Waals surface area contributed by atoms with Gasteiger partial charge in [-0.15, -0.1) is 0 Å². The zero-order chi connectivity index (χ0) is 19.8. The predicted octanol–water partition coefficient (Wildman–Crippen LogP) is 2.19. The average molecular weight is 391 g/mol. The molecule has 2 aromatic rings. The molecule has 3 rings (SSSR count). The van der Waals surface area contributed by atoms with Crippen LogP contribution in [0.15, 0.2) is 47.4 Å². The summed E-state index contributed by atoms with van der Waals surface area (Å²) in [7, 11) is -3.67. The largest absolute Gasteiger partial charge is 0.448 e. The molecule has 8 heteroatoms. The van der Waals surface area contributed by atoms with Crippen molar-refractivity contribution in [3.8, 4) is 0 Å². The van der Waals surface area contributed by atoms with E-state index in [1.54, 1.807) is 31.2 Å². The van der Waals surface area contributed by atoms with Crippen LogP contribution in [0.25, 0.3) is 0 Å². The maximum atomic E-state index is 14.1. The Labute approximate surface area is 156 Å². The molecule has 0 unspecified atom stereocenters. The Morgan fingerprint density at radius 1 is 1.26 bits per heavy atom. The highest BCUT2D eigenvalue weighted by Gasteiger charge is 2.31. The number of halogens is 1. The van der Waals surface area contributed by atoms with Crippen molar-refractivity contribution in [3.05, 3.63) is 65.0 Å². The fourth-order valence-electron chi connectivity index (χ4n) is 2.95. The molecule has 1 N–H and O–H groups in total. The van der Waals surface area contributed by atoms with Crippen molar-refractivity contribution >= 4 is 21.7 Å². The summed E-state index contributed by atoms with van der Waals surface area (Å²) in [6, 6.07) is 9.98. The van der Waals surface area contributed by atoms with E-state index in [9.17, 15) is 22.4 Å². The highest BCUT2D eigenvalue weighted by atomic mass is 32.2. The number of ether oxygens (including phenoxy) is 1. The lowest BCUT2D eigenvalue weighted by Crippen LogP contribution is -2.42. The Kier molecular flexibility index (Phi) is 5.01. The molecule has 1 amide bonds. The minimum Gasteiger partial charge on any atom is -0.448 e. The SMILES string of the molecule is C[C@H](NC(=O)[C@H]1Cc2ccccc2C(=O)O1)c1ccc(S(C)(=O)=O)c(F)c1. The van der Waals surface area contributed by atoms with Crippen LogP contribution in [0.2, 0.25) is 0 Å². The van der Waals surface area contributed by atoms with Crippen molar-refractivity contribution in [2.45, 2.75) is 30.4 Å². The first-order valence-electron chi connectivity index (χ1n) is 8.25. The minimum absolute atomic E-state index is 0.252. The number of hydrogen-bond donors (Lipinski definition) is 1. The van der Waals surface area contributed by atoms with Crippen molar-refractivity contribution in [2.75, 3.05) is 6.26 Å². The Hall–Kier alpha value is -2.74. The highest BCUT2D eigenvalue weighted by molar-refractivity contribution is 7.90. The van der Waals surface area contributed by atoms with E-state index >= 15 is 0 Å². The summed E-state index contributed by atoms with van der Waals surface area (Å²) in [6.45, 7) is 1.63. The number of carbonyl (C=O) groups is 2. The first-order valence-corrected chi connectivity index (χ1v) is 10.1. The van der Waals surface area contributed by atoms with E-state index in [4.69, 9.17) is 4.74 Å². The van der Waals surface area contributed by atoms with Crippen molar-refractivity contribution in [1.82, 2.24) is 5.32 Å². The quantitative estimate of drug-likeness (QED) is 0.807. The van der Waals surface area contributed by atoms with Crippen LogP contribution in [-0.4, -0.2) is 32.7 Å². The first-order chi connectivity index (χ1) is 12.7. The summed E-state index contributed by atoms with van der Waals surface area (Å²) in [4.78, 5) is 24.1. The summed E-state index contributed by atoms with van der Waals surface area (Å²) in [6.07, 6.45) is 0.197. The average Bonchev–Trinajstić information content (AvgIpc) is 2.60. The summed E-state index contributed by atoms with van der Waals surface area (Å²) in [5.41, 5.74) is 1.56. The Morgan fingerprint density at radius 2 is 1.96 bits per heavy atom. The van der Waals surface area contributed by atoms with Crippen LogP contribution in [0, 0.1) is 5.82 Å². The van der Waals surface area contributed by atoms with E-state index in [2.05, 4.69) is 5.32 Å². The van der Waals surface area contributed by atoms with E-state index in [1.165, 1.54) is 12.1 Å². The number of nitrogens with one attached hydrogen (secondary N) is 1. The number of fused-ring (bicyclic) bond motifs is 1. The molecule has 0 spiro atoms. The lowest BCUT2D eigenvalue weighted by Gasteiger charge is -2.25. The first kappa shape index (κ1) is 19.0. The zero-order valence-electron chi connectivity index (χ0n) is 14.7. The molecule has 0 aliphatic carbocycles. The number of benzene rings is 2. The molecule has 2 aromatic carbocycles. The van der Waals surface area contributed by atoms with E-state index in [-0.39, 0.29) is 6.42 Å². The van der Waals surface area contributed by atoms with Crippen LogP contribution in [0.1, 0.15) is 34.5 Å². The molecule has 1 aliphatic heterocycles. The minimum atomic E-state index is -3.67. The van der Waals surface area contributed by atoms with Crippen molar-refractivity contribution in [1.29, 1.82) is 0 Å². The molecule has 27 heavy (non-hydrogen) atoms. The van der Waals surface area contributed by atoms with Crippen LogP contribution in [-0.2, 0) is 25.8 Å². The van der Waals surface area contributed by atoms with Gasteiger partial charge in [-0.1, -0.05) is 24.3 Å². The van der Waals surface area contributed by atoms with Gasteiger partial charge in [0.1, 0.15) is 10.7 Å². The second-order valence-electron chi connectivity index (χ2n) is 6.45. The predicted molar refractivity (Wildman–Crippen MR) is 95.4 cm³/mol. The standard InChI is InChI=1S/C19H18FNO5S/c1-11(12-7-8-17(15(20)9-12)27(2,24)25)21-18(22)16-10-13-5-3-4-6-14(13)19(23)26-16/h3-9,11,16H,10H2,1-2H3,(H,21,22)/t11-,16+/m0/s1. The van der Waals surface area contributed by atoms with Gasteiger partial charge in [0, 0.05) is 12.7 Å². The normalized spacial score (nSPS) is 17.6. The molecule has 0 bridgehead atoms. The van der Waals surface area contributed by atoms with Gasteiger partial charge in [0.05, 0.1) is 11.6 Å². The molecule has 0 fully saturated rings. The fraction of sp³-hybridized carbons (Fsp3) is 0.263. The second-order valence-corrected chi connectivity index (χ2v) is 8.43. The molecule has 142 valence electrons. The van der Waals surface area contributed by atoms with Crippen LogP contribution in [0.5, 0.6) is 0 Å². The van der Waals surface area contributed by atoms with Gasteiger partial charge in [0.25, 0.3) is 5.91 Å². The van der Waals surface area contributed by atoms with Gasteiger partial charge in [0.15, 0.2) is 15.9 Å². The Balaban J connectivity index is 1.73. The molecule has 0 radical (unpaired) electrons. The van der Waals surface area contributed by atoms with Crippen LogP contribution >= 0.6 is 0 Å². The smallest absolute Gasteiger partial charge is 0.339 e. The molecule has 1 heterocycles. The maximum Gasteiger partial charge on any atom is 0.339 e. The van der Waals surface area contributed by atoms with E-state index in [0.29, 0.717) is 11.1 Å². The van der Waals surface area contributed by atoms with Gasteiger partial charge < -0.3 is 10.1 Å². The molecule has 0 saturated heterocycles. The number of cyclic esters (lactones) is 1. The number of hydrogen-bond acceptors (Lipinski definition) is 5. The molecular formula is C19H18FNO5S. The number of sulfone groups is 1. The molecule has 0 aromatic heterocycles. The lowest BCUT2D eigenvalue weighted by molar-refractivity contribution is -0.131. The topological polar surface area (TPSA) is 89.5 Å². The number of carbonyl (C=O) groups excluding carboxylic acids is 2. The number of rotatable bonds is 4. The second kappa shape index (κ2) is 7.11. The Bertz CT molecular complexity index is 1020.